The molecule has 1 aliphatic rings. The molecule has 3 rings (SSSR count). The van der Waals surface area contributed by atoms with Crippen LogP contribution in [0.15, 0.2) is 41.4 Å². The predicted octanol–water partition coefficient (Wildman–Crippen LogP) is 2.37. The van der Waals surface area contributed by atoms with Gasteiger partial charge in [-0.2, -0.15) is 9.57 Å². The number of hydrogen-bond acceptors (Lipinski definition) is 5. The van der Waals surface area contributed by atoms with Crippen LogP contribution in [0.3, 0.4) is 0 Å². The van der Waals surface area contributed by atoms with Crippen LogP contribution in [0.1, 0.15) is 11.3 Å². The number of hydrogen-bond donors (Lipinski definition) is 0. The number of sulfonamides is 1. The zero-order chi connectivity index (χ0) is 17.3. The molecular weight excluding hydrogens is 350 g/mol. The molecule has 1 saturated heterocycles. The van der Waals surface area contributed by atoms with Gasteiger partial charge in [-0.05, 0) is 30.7 Å². The zero-order valence-electron chi connectivity index (χ0n) is 12.8. The minimum atomic E-state index is -3.59. The van der Waals surface area contributed by atoms with Gasteiger partial charge < -0.3 is 4.74 Å². The monoisotopic (exact) mass is 363 g/mol. The normalized spacial score (nSPS) is 15.5. The summed E-state index contributed by atoms with van der Waals surface area (Å²) in [6.07, 6.45) is 1.23. The van der Waals surface area contributed by atoms with E-state index < -0.39 is 10.0 Å². The molecule has 1 fully saturated rings. The van der Waals surface area contributed by atoms with Crippen LogP contribution in [0, 0.1) is 18.3 Å². The van der Waals surface area contributed by atoms with Gasteiger partial charge in [0.2, 0.25) is 10.0 Å². The van der Waals surface area contributed by atoms with Gasteiger partial charge >= 0.3 is 0 Å². The Kier molecular flexibility index (Phi) is 4.45. The van der Waals surface area contributed by atoms with Crippen molar-refractivity contribution < 1.29 is 13.2 Å². The van der Waals surface area contributed by atoms with Crippen LogP contribution in [0.5, 0.6) is 5.75 Å². The molecule has 1 aromatic carbocycles. The summed E-state index contributed by atoms with van der Waals surface area (Å²) in [6.45, 7) is 2.18. The highest BCUT2D eigenvalue weighted by Gasteiger charge is 2.39. The predicted molar refractivity (Wildman–Crippen MR) is 88.3 cm³/mol. The van der Waals surface area contributed by atoms with Crippen LogP contribution in [0.25, 0.3) is 0 Å². The number of nitriles is 1. The van der Waals surface area contributed by atoms with E-state index >= 15 is 0 Å². The maximum atomic E-state index is 12.6. The second kappa shape index (κ2) is 6.40. The Labute approximate surface area is 145 Å². The van der Waals surface area contributed by atoms with E-state index in [-0.39, 0.29) is 29.8 Å². The summed E-state index contributed by atoms with van der Waals surface area (Å²) in [6, 6.07) is 9.93. The molecular formula is C16H14ClN3O3S. The fraction of sp³-hybridized carbons (Fsp3) is 0.250. The first-order valence-corrected chi connectivity index (χ1v) is 9.01. The van der Waals surface area contributed by atoms with Gasteiger partial charge in [0, 0.05) is 17.3 Å². The summed E-state index contributed by atoms with van der Waals surface area (Å²) in [5, 5.41) is 9.25. The number of aromatic nitrogens is 1. The fourth-order valence-electron chi connectivity index (χ4n) is 2.42. The summed E-state index contributed by atoms with van der Waals surface area (Å²) >= 11 is 6.01. The number of nitrogens with zero attached hydrogens (tertiary/aromatic N) is 3. The number of benzene rings is 1. The molecule has 24 heavy (non-hydrogen) atoms. The highest BCUT2D eigenvalue weighted by Crippen LogP contribution is 2.29. The average molecular weight is 364 g/mol. The Morgan fingerprint density at radius 1 is 1.38 bits per heavy atom. The molecule has 0 saturated carbocycles. The third-order valence-electron chi connectivity index (χ3n) is 3.80. The molecule has 1 aliphatic heterocycles. The van der Waals surface area contributed by atoms with E-state index in [1.165, 1.54) is 16.6 Å². The second-order valence-corrected chi connectivity index (χ2v) is 7.73. The van der Waals surface area contributed by atoms with E-state index in [0.29, 0.717) is 16.3 Å². The highest BCUT2D eigenvalue weighted by molar-refractivity contribution is 7.89. The Bertz CT molecular complexity index is 918. The largest absolute Gasteiger partial charge is 0.488 e. The van der Waals surface area contributed by atoms with Gasteiger partial charge in [0.1, 0.15) is 23.6 Å². The van der Waals surface area contributed by atoms with Crippen LogP contribution >= 0.6 is 11.6 Å². The van der Waals surface area contributed by atoms with E-state index in [2.05, 4.69) is 4.98 Å². The van der Waals surface area contributed by atoms with E-state index in [0.717, 1.165) is 0 Å². The standard InChI is InChI=1S/C16H14ClN3O3S/c1-11-15(17)3-2-4-16(11)24(21,22)20-9-14(10-20)23-13-5-6-19-12(7-13)8-18/h2-7,14H,9-10H2,1H3. The molecule has 0 bridgehead atoms. The smallest absolute Gasteiger partial charge is 0.243 e. The van der Waals surface area contributed by atoms with Crippen molar-refractivity contribution in [3.63, 3.8) is 0 Å². The highest BCUT2D eigenvalue weighted by atomic mass is 35.5. The molecule has 0 unspecified atom stereocenters. The molecule has 1 aromatic heterocycles. The Hall–Kier alpha value is -2.14. The van der Waals surface area contributed by atoms with Crippen molar-refractivity contribution in [3.05, 3.63) is 52.8 Å². The summed E-state index contributed by atoms with van der Waals surface area (Å²) in [5.74, 6) is 0.502. The van der Waals surface area contributed by atoms with E-state index in [1.54, 1.807) is 31.2 Å². The fourth-order valence-corrected chi connectivity index (χ4v) is 4.40. The first-order chi connectivity index (χ1) is 11.4. The number of ether oxygens (including phenoxy) is 1. The summed E-state index contributed by atoms with van der Waals surface area (Å²) in [7, 11) is -3.59. The molecule has 8 heteroatoms. The third-order valence-corrected chi connectivity index (χ3v) is 6.18. The molecule has 0 radical (unpaired) electrons. The van der Waals surface area contributed by atoms with E-state index in [1.807, 2.05) is 6.07 Å². The van der Waals surface area contributed by atoms with Crippen LogP contribution in [-0.4, -0.2) is 36.9 Å². The lowest BCUT2D eigenvalue weighted by Crippen LogP contribution is -2.56. The van der Waals surface area contributed by atoms with Gasteiger partial charge in [-0.25, -0.2) is 13.4 Å². The molecule has 0 N–H and O–H groups in total. The molecule has 0 amide bonds. The zero-order valence-corrected chi connectivity index (χ0v) is 14.4. The molecule has 124 valence electrons. The number of pyridine rings is 1. The summed E-state index contributed by atoms with van der Waals surface area (Å²) in [5.41, 5.74) is 0.794. The Morgan fingerprint density at radius 2 is 2.12 bits per heavy atom. The van der Waals surface area contributed by atoms with E-state index in [4.69, 9.17) is 21.6 Å². The molecule has 2 heterocycles. The van der Waals surface area contributed by atoms with Crippen LogP contribution < -0.4 is 4.74 Å². The molecule has 0 atom stereocenters. The van der Waals surface area contributed by atoms with Crippen molar-refractivity contribution in [2.45, 2.75) is 17.9 Å². The van der Waals surface area contributed by atoms with Crippen LogP contribution in [0.2, 0.25) is 5.02 Å². The maximum Gasteiger partial charge on any atom is 0.243 e. The van der Waals surface area contributed by atoms with Gasteiger partial charge in [0.05, 0.1) is 18.0 Å². The average Bonchev–Trinajstić information content (AvgIpc) is 2.53. The lowest BCUT2D eigenvalue weighted by molar-refractivity contribution is 0.0761. The first kappa shape index (κ1) is 16.7. The van der Waals surface area contributed by atoms with Gasteiger partial charge in [-0.15, -0.1) is 0 Å². The van der Waals surface area contributed by atoms with Gasteiger partial charge in [-0.3, -0.25) is 0 Å². The molecule has 0 spiro atoms. The number of rotatable bonds is 4. The minimum absolute atomic E-state index is 0.212. The molecule has 2 aromatic rings. The van der Waals surface area contributed by atoms with Crippen molar-refractivity contribution in [1.82, 2.24) is 9.29 Å². The van der Waals surface area contributed by atoms with Crippen molar-refractivity contribution in [3.8, 4) is 11.8 Å². The van der Waals surface area contributed by atoms with Crippen molar-refractivity contribution >= 4 is 21.6 Å². The van der Waals surface area contributed by atoms with Crippen molar-refractivity contribution in [2.24, 2.45) is 0 Å². The molecule has 6 nitrogen and oxygen atoms in total. The SMILES string of the molecule is Cc1c(Cl)cccc1S(=O)(=O)N1CC(Oc2ccnc(C#N)c2)C1. The van der Waals surface area contributed by atoms with Gasteiger partial charge in [-0.1, -0.05) is 17.7 Å². The minimum Gasteiger partial charge on any atom is -0.488 e. The Balaban J connectivity index is 1.69. The lowest BCUT2D eigenvalue weighted by atomic mass is 10.2. The number of halogens is 1. The lowest BCUT2D eigenvalue weighted by Gasteiger charge is -2.38. The Morgan fingerprint density at radius 3 is 2.83 bits per heavy atom. The first-order valence-electron chi connectivity index (χ1n) is 7.20. The second-order valence-electron chi connectivity index (χ2n) is 5.41. The topological polar surface area (TPSA) is 83.3 Å². The van der Waals surface area contributed by atoms with Crippen LogP contribution in [-0.2, 0) is 10.0 Å². The van der Waals surface area contributed by atoms with Gasteiger partial charge in [0.15, 0.2) is 0 Å². The van der Waals surface area contributed by atoms with Crippen molar-refractivity contribution in [1.29, 1.82) is 5.26 Å². The summed E-state index contributed by atoms with van der Waals surface area (Å²) in [4.78, 5) is 4.07. The maximum absolute atomic E-state index is 12.6. The van der Waals surface area contributed by atoms with Gasteiger partial charge in [0.25, 0.3) is 0 Å². The quantitative estimate of drug-likeness (QED) is 0.832. The molecule has 0 aliphatic carbocycles. The van der Waals surface area contributed by atoms with E-state index in [9.17, 15) is 8.42 Å². The van der Waals surface area contributed by atoms with Crippen molar-refractivity contribution in [2.75, 3.05) is 13.1 Å². The van der Waals surface area contributed by atoms with Crippen LogP contribution in [0.4, 0.5) is 0 Å². The third kappa shape index (κ3) is 3.08. The summed E-state index contributed by atoms with van der Waals surface area (Å²) < 4.78 is 32.3.